The zero-order valence-corrected chi connectivity index (χ0v) is 14.8. The molecule has 2 aromatic rings. The zero-order chi connectivity index (χ0) is 17.5. The molecule has 0 bridgehead atoms. The van der Waals surface area contributed by atoms with Gasteiger partial charge in [-0.05, 0) is 55.7 Å². The van der Waals surface area contributed by atoms with Crippen LogP contribution in [0.2, 0.25) is 0 Å². The molecule has 1 aromatic heterocycles. The molecule has 0 aliphatic rings. The highest BCUT2D eigenvalue weighted by Crippen LogP contribution is 2.08. The van der Waals surface area contributed by atoms with Crippen LogP contribution in [0.15, 0.2) is 65.4 Å². The van der Waals surface area contributed by atoms with E-state index in [9.17, 15) is 4.39 Å². The molecule has 0 aliphatic carbocycles. The first-order valence-electron chi connectivity index (χ1n) is 7.84. The van der Waals surface area contributed by atoms with Crippen molar-refractivity contribution in [1.29, 1.82) is 0 Å². The average molecular weight is 314 g/mol. The van der Waals surface area contributed by atoms with Gasteiger partial charge in [-0.2, -0.15) is 0 Å². The van der Waals surface area contributed by atoms with Crippen molar-refractivity contribution in [3.05, 3.63) is 77.4 Å². The maximum Gasteiger partial charge on any atom is 0.123 e. The molecular formula is C20H27FN2. The monoisotopic (exact) mass is 314 g/mol. The molecule has 1 heterocycles. The molecule has 2 nitrogen and oxygen atoms in total. The lowest BCUT2D eigenvalue weighted by Gasteiger charge is -2.00. The number of hydrogen-bond acceptors (Lipinski definition) is 2. The van der Waals surface area contributed by atoms with Gasteiger partial charge in [-0.15, -0.1) is 0 Å². The molecule has 0 atom stereocenters. The van der Waals surface area contributed by atoms with E-state index in [2.05, 4.69) is 23.0 Å². The Labute approximate surface area is 139 Å². The van der Waals surface area contributed by atoms with Crippen molar-refractivity contribution in [2.24, 2.45) is 4.99 Å². The second-order valence-corrected chi connectivity index (χ2v) is 4.61. The van der Waals surface area contributed by atoms with Crippen molar-refractivity contribution < 1.29 is 4.39 Å². The molecule has 2 rings (SSSR count). The van der Waals surface area contributed by atoms with Gasteiger partial charge >= 0.3 is 0 Å². The summed E-state index contributed by atoms with van der Waals surface area (Å²) in [6.07, 6.45) is 8.27. The number of pyridine rings is 1. The van der Waals surface area contributed by atoms with Crippen LogP contribution >= 0.6 is 0 Å². The van der Waals surface area contributed by atoms with E-state index in [1.54, 1.807) is 25.7 Å². The first-order valence-corrected chi connectivity index (χ1v) is 7.84. The van der Waals surface area contributed by atoms with Crippen LogP contribution in [0.1, 0.15) is 38.8 Å². The van der Waals surface area contributed by atoms with Gasteiger partial charge in [0.1, 0.15) is 5.82 Å². The first kappa shape index (κ1) is 20.7. The van der Waals surface area contributed by atoms with Gasteiger partial charge < -0.3 is 0 Å². The first-order chi connectivity index (χ1) is 11.2. The highest BCUT2D eigenvalue weighted by Gasteiger charge is 1.93. The predicted molar refractivity (Wildman–Crippen MR) is 98.6 cm³/mol. The lowest BCUT2D eigenvalue weighted by atomic mass is 10.1. The quantitative estimate of drug-likeness (QED) is 0.543. The molecule has 0 radical (unpaired) electrons. The van der Waals surface area contributed by atoms with Gasteiger partial charge in [0.2, 0.25) is 0 Å². The topological polar surface area (TPSA) is 25.2 Å². The Morgan fingerprint density at radius 3 is 2.13 bits per heavy atom. The Morgan fingerprint density at radius 2 is 1.65 bits per heavy atom. The molecule has 0 aliphatic heterocycles. The van der Waals surface area contributed by atoms with Crippen LogP contribution in [0, 0.1) is 5.82 Å². The van der Waals surface area contributed by atoms with E-state index in [0.29, 0.717) is 0 Å². The third-order valence-corrected chi connectivity index (χ3v) is 2.87. The molecule has 0 fully saturated rings. The van der Waals surface area contributed by atoms with E-state index >= 15 is 0 Å². The summed E-state index contributed by atoms with van der Waals surface area (Å²) < 4.78 is 12.5. The number of nitrogens with zero attached hydrogens (tertiary/aromatic N) is 2. The normalized spacial score (nSPS) is 10.4. The van der Waals surface area contributed by atoms with E-state index in [1.165, 1.54) is 17.7 Å². The van der Waals surface area contributed by atoms with Crippen molar-refractivity contribution in [2.45, 2.75) is 34.1 Å². The zero-order valence-electron chi connectivity index (χ0n) is 14.8. The maximum absolute atomic E-state index is 12.5. The van der Waals surface area contributed by atoms with Gasteiger partial charge in [0.05, 0.1) is 0 Å². The van der Waals surface area contributed by atoms with Crippen molar-refractivity contribution in [3.63, 3.8) is 0 Å². The SMILES string of the molecule is C/C=C(\C)Cc1ccc(F)cc1.CC.CN=Cc1ccncc1. The van der Waals surface area contributed by atoms with Crippen molar-refractivity contribution in [2.75, 3.05) is 7.05 Å². The minimum atomic E-state index is -0.170. The van der Waals surface area contributed by atoms with Gasteiger partial charge in [0.25, 0.3) is 0 Å². The minimum absolute atomic E-state index is 0.170. The van der Waals surface area contributed by atoms with Crippen LogP contribution in [0.25, 0.3) is 0 Å². The van der Waals surface area contributed by atoms with Crippen LogP contribution in [0.5, 0.6) is 0 Å². The fourth-order valence-electron chi connectivity index (χ4n) is 1.62. The van der Waals surface area contributed by atoms with E-state index in [1.807, 2.05) is 45.0 Å². The lowest BCUT2D eigenvalue weighted by Crippen LogP contribution is -1.86. The molecular weight excluding hydrogens is 287 g/mol. The van der Waals surface area contributed by atoms with Crippen LogP contribution in [0.3, 0.4) is 0 Å². The van der Waals surface area contributed by atoms with Gasteiger partial charge in [0.15, 0.2) is 0 Å². The fourth-order valence-corrected chi connectivity index (χ4v) is 1.62. The third kappa shape index (κ3) is 10.1. The van der Waals surface area contributed by atoms with Crippen LogP contribution in [-0.2, 0) is 6.42 Å². The second-order valence-electron chi connectivity index (χ2n) is 4.61. The molecule has 0 N–H and O–H groups in total. The number of halogens is 1. The van der Waals surface area contributed by atoms with Crippen LogP contribution in [0.4, 0.5) is 4.39 Å². The fraction of sp³-hybridized carbons (Fsp3) is 0.300. The van der Waals surface area contributed by atoms with Crippen molar-refractivity contribution in [3.8, 4) is 0 Å². The molecule has 23 heavy (non-hydrogen) atoms. The summed E-state index contributed by atoms with van der Waals surface area (Å²) in [5, 5.41) is 0. The molecule has 0 saturated heterocycles. The third-order valence-electron chi connectivity index (χ3n) is 2.87. The molecule has 124 valence electrons. The van der Waals surface area contributed by atoms with Crippen LogP contribution in [-0.4, -0.2) is 18.2 Å². The molecule has 0 spiro atoms. The number of aromatic nitrogens is 1. The Morgan fingerprint density at radius 1 is 1.09 bits per heavy atom. The Bertz CT molecular complexity index is 572. The van der Waals surface area contributed by atoms with E-state index in [4.69, 9.17) is 0 Å². The summed E-state index contributed by atoms with van der Waals surface area (Å²) in [5.41, 5.74) is 3.56. The molecule has 0 unspecified atom stereocenters. The van der Waals surface area contributed by atoms with E-state index < -0.39 is 0 Å². The standard InChI is InChI=1S/C11H13F.C7H8N2.C2H6/c1-3-9(2)8-10-4-6-11(12)7-5-10;1-8-6-7-2-4-9-5-3-7;1-2/h3-7H,8H2,1-2H3;2-6H,1H3;1-2H3/b9-3+;;. The van der Waals surface area contributed by atoms with Gasteiger partial charge in [0, 0.05) is 25.7 Å². The molecule has 3 heteroatoms. The molecule has 0 amide bonds. The van der Waals surface area contributed by atoms with Crippen molar-refractivity contribution in [1.82, 2.24) is 4.98 Å². The highest BCUT2D eigenvalue weighted by molar-refractivity contribution is 5.78. The highest BCUT2D eigenvalue weighted by atomic mass is 19.1. The molecule has 0 saturated carbocycles. The minimum Gasteiger partial charge on any atom is -0.296 e. The second kappa shape index (κ2) is 13.4. The van der Waals surface area contributed by atoms with Crippen molar-refractivity contribution >= 4 is 6.21 Å². The number of hydrogen-bond donors (Lipinski definition) is 0. The Kier molecular flexibility index (Phi) is 12.0. The van der Waals surface area contributed by atoms with E-state index in [-0.39, 0.29) is 5.82 Å². The lowest BCUT2D eigenvalue weighted by molar-refractivity contribution is 0.627. The van der Waals surface area contributed by atoms with Crippen LogP contribution < -0.4 is 0 Å². The Hall–Kier alpha value is -2.29. The summed E-state index contributed by atoms with van der Waals surface area (Å²) >= 11 is 0. The summed E-state index contributed by atoms with van der Waals surface area (Å²) in [4.78, 5) is 7.72. The molecule has 1 aromatic carbocycles. The number of benzene rings is 1. The smallest absolute Gasteiger partial charge is 0.123 e. The maximum atomic E-state index is 12.5. The number of rotatable bonds is 3. The largest absolute Gasteiger partial charge is 0.296 e. The average Bonchev–Trinajstić information content (AvgIpc) is 2.60. The predicted octanol–water partition coefficient (Wildman–Crippen LogP) is 5.49. The summed E-state index contributed by atoms with van der Waals surface area (Å²) in [6, 6.07) is 10.5. The summed E-state index contributed by atoms with van der Waals surface area (Å²) in [6.45, 7) is 8.09. The van der Waals surface area contributed by atoms with Gasteiger partial charge in [-0.3, -0.25) is 9.98 Å². The van der Waals surface area contributed by atoms with Gasteiger partial charge in [-0.1, -0.05) is 37.6 Å². The summed E-state index contributed by atoms with van der Waals surface area (Å²) in [5.74, 6) is -0.170. The Balaban J connectivity index is 0.000000392. The summed E-state index contributed by atoms with van der Waals surface area (Å²) in [7, 11) is 1.75. The number of allylic oxidation sites excluding steroid dienone is 2. The van der Waals surface area contributed by atoms with E-state index in [0.717, 1.165) is 17.5 Å². The number of aliphatic imine (C=N–C) groups is 1. The van der Waals surface area contributed by atoms with Gasteiger partial charge in [-0.25, -0.2) is 4.39 Å².